The highest BCUT2D eigenvalue weighted by Gasteiger charge is 2.22. The number of piperazine rings is 1. The van der Waals surface area contributed by atoms with Crippen molar-refractivity contribution in [1.82, 2.24) is 9.36 Å². The molecule has 1 aromatic heterocycles. The van der Waals surface area contributed by atoms with Crippen LogP contribution in [0.3, 0.4) is 0 Å². The van der Waals surface area contributed by atoms with Crippen LogP contribution in [0.2, 0.25) is 0 Å². The first-order valence-electron chi connectivity index (χ1n) is 8.93. The standard InChI is InChI=1S/C20H21FN4OS/c1-26-18-5-3-2-4-17(18)24-10-12-25(13-11-24)20-22-19(23-27-20)14-15-6-8-16(21)9-7-15/h2-9H,10-14H2,1H3. The number of hydrogen-bond donors (Lipinski definition) is 0. The molecule has 7 heteroatoms. The molecule has 0 aliphatic carbocycles. The monoisotopic (exact) mass is 384 g/mol. The highest BCUT2D eigenvalue weighted by molar-refractivity contribution is 7.09. The third kappa shape index (κ3) is 4.03. The fourth-order valence-electron chi connectivity index (χ4n) is 3.26. The number of ether oxygens (including phenoxy) is 1. The molecular formula is C20H21FN4OS. The SMILES string of the molecule is COc1ccccc1N1CCN(c2nc(Cc3ccc(F)cc3)ns2)CC1. The van der Waals surface area contributed by atoms with Gasteiger partial charge in [-0.15, -0.1) is 0 Å². The van der Waals surface area contributed by atoms with Crippen LogP contribution in [0.4, 0.5) is 15.2 Å². The summed E-state index contributed by atoms with van der Waals surface area (Å²) in [5, 5.41) is 0.951. The summed E-state index contributed by atoms with van der Waals surface area (Å²) in [6.45, 7) is 3.60. The van der Waals surface area contributed by atoms with Crippen molar-refractivity contribution in [1.29, 1.82) is 0 Å². The van der Waals surface area contributed by atoms with Gasteiger partial charge in [-0.25, -0.2) is 9.37 Å². The Morgan fingerprint density at radius 1 is 1.00 bits per heavy atom. The summed E-state index contributed by atoms with van der Waals surface area (Å²) in [6.07, 6.45) is 0.623. The normalized spacial score (nSPS) is 14.4. The zero-order valence-electron chi connectivity index (χ0n) is 15.1. The van der Waals surface area contributed by atoms with Crippen molar-refractivity contribution in [2.75, 3.05) is 43.1 Å². The van der Waals surface area contributed by atoms with Crippen molar-refractivity contribution in [3.8, 4) is 5.75 Å². The molecule has 1 aliphatic rings. The summed E-state index contributed by atoms with van der Waals surface area (Å²) in [4.78, 5) is 9.30. The first-order chi connectivity index (χ1) is 13.2. The van der Waals surface area contributed by atoms with Crippen LogP contribution in [0, 0.1) is 5.82 Å². The van der Waals surface area contributed by atoms with Gasteiger partial charge in [0.2, 0.25) is 5.13 Å². The minimum absolute atomic E-state index is 0.224. The van der Waals surface area contributed by atoms with E-state index in [0.29, 0.717) is 6.42 Å². The summed E-state index contributed by atoms with van der Waals surface area (Å²) in [6, 6.07) is 14.6. The second-order valence-corrected chi connectivity index (χ2v) is 7.17. The molecule has 5 nitrogen and oxygen atoms in total. The maximum atomic E-state index is 13.0. The highest BCUT2D eigenvalue weighted by Crippen LogP contribution is 2.29. The van der Waals surface area contributed by atoms with Crippen molar-refractivity contribution in [2.45, 2.75) is 6.42 Å². The highest BCUT2D eigenvalue weighted by atomic mass is 32.1. The third-order valence-corrected chi connectivity index (χ3v) is 5.52. The van der Waals surface area contributed by atoms with Crippen LogP contribution in [0.15, 0.2) is 48.5 Å². The number of halogens is 1. The topological polar surface area (TPSA) is 41.5 Å². The Balaban J connectivity index is 1.38. The second kappa shape index (κ2) is 7.92. The minimum Gasteiger partial charge on any atom is -0.495 e. The van der Waals surface area contributed by atoms with Crippen molar-refractivity contribution in [2.24, 2.45) is 0 Å². The number of anilines is 2. The predicted molar refractivity (Wildman–Crippen MR) is 107 cm³/mol. The lowest BCUT2D eigenvalue weighted by Crippen LogP contribution is -2.46. The molecule has 1 aliphatic heterocycles. The summed E-state index contributed by atoms with van der Waals surface area (Å²) in [5.74, 6) is 1.47. The molecule has 0 N–H and O–H groups in total. The van der Waals surface area contributed by atoms with Crippen molar-refractivity contribution >= 4 is 22.4 Å². The summed E-state index contributed by atoms with van der Waals surface area (Å²) in [7, 11) is 1.71. The molecule has 0 spiro atoms. The van der Waals surface area contributed by atoms with E-state index in [1.54, 1.807) is 19.2 Å². The maximum absolute atomic E-state index is 13.0. The van der Waals surface area contributed by atoms with Gasteiger partial charge in [-0.1, -0.05) is 24.3 Å². The third-order valence-electron chi connectivity index (χ3n) is 4.71. The molecule has 0 bridgehead atoms. The van der Waals surface area contributed by atoms with Crippen molar-refractivity contribution < 1.29 is 9.13 Å². The predicted octanol–water partition coefficient (Wildman–Crippen LogP) is 3.60. The van der Waals surface area contributed by atoms with E-state index in [2.05, 4.69) is 25.2 Å². The largest absolute Gasteiger partial charge is 0.495 e. The van der Waals surface area contributed by atoms with E-state index in [1.165, 1.54) is 23.7 Å². The Morgan fingerprint density at radius 3 is 2.44 bits per heavy atom. The molecule has 140 valence electrons. The molecule has 2 heterocycles. The Morgan fingerprint density at radius 2 is 1.70 bits per heavy atom. The maximum Gasteiger partial charge on any atom is 0.205 e. The van der Waals surface area contributed by atoms with Crippen LogP contribution in [0.25, 0.3) is 0 Å². The lowest BCUT2D eigenvalue weighted by Gasteiger charge is -2.36. The lowest BCUT2D eigenvalue weighted by molar-refractivity contribution is 0.413. The van der Waals surface area contributed by atoms with Crippen LogP contribution in [0.1, 0.15) is 11.4 Å². The van der Waals surface area contributed by atoms with E-state index in [0.717, 1.165) is 54.1 Å². The van der Waals surface area contributed by atoms with Crippen LogP contribution < -0.4 is 14.5 Å². The average molecular weight is 384 g/mol. The first-order valence-corrected chi connectivity index (χ1v) is 9.70. The number of nitrogens with zero attached hydrogens (tertiary/aromatic N) is 4. The average Bonchev–Trinajstić information content (AvgIpc) is 3.18. The molecule has 2 aromatic carbocycles. The Labute approximate surface area is 162 Å². The van der Waals surface area contributed by atoms with Gasteiger partial charge in [0.25, 0.3) is 0 Å². The van der Waals surface area contributed by atoms with E-state index >= 15 is 0 Å². The molecule has 1 fully saturated rings. The molecule has 0 atom stereocenters. The zero-order valence-corrected chi connectivity index (χ0v) is 16.0. The van der Waals surface area contributed by atoms with Crippen LogP contribution in [-0.2, 0) is 6.42 Å². The number of para-hydroxylation sites is 2. The zero-order chi connectivity index (χ0) is 18.6. The van der Waals surface area contributed by atoms with E-state index in [9.17, 15) is 4.39 Å². The van der Waals surface area contributed by atoms with Crippen LogP contribution >= 0.6 is 11.5 Å². The fraction of sp³-hybridized carbons (Fsp3) is 0.300. The molecule has 0 unspecified atom stereocenters. The van der Waals surface area contributed by atoms with E-state index < -0.39 is 0 Å². The van der Waals surface area contributed by atoms with Gasteiger partial charge >= 0.3 is 0 Å². The Hall–Kier alpha value is -2.67. The second-order valence-electron chi connectivity index (χ2n) is 6.44. The van der Waals surface area contributed by atoms with Crippen molar-refractivity contribution in [3.05, 3.63) is 65.7 Å². The Bertz CT molecular complexity index is 891. The molecule has 0 amide bonds. The summed E-state index contributed by atoms with van der Waals surface area (Å²) < 4.78 is 23.0. The van der Waals surface area contributed by atoms with Crippen LogP contribution in [-0.4, -0.2) is 42.6 Å². The molecule has 1 saturated heterocycles. The number of aromatic nitrogens is 2. The molecule has 0 saturated carbocycles. The Kier molecular flexibility index (Phi) is 5.20. The van der Waals surface area contributed by atoms with Gasteiger partial charge in [-0.05, 0) is 29.8 Å². The van der Waals surface area contributed by atoms with E-state index in [1.807, 2.05) is 18.2 Å². The number of methoxy groups -OCH3 is 1. The smallest absolute Gasteiger partial charge is 0.205 e. The number of rotatable bonds is 5. The van der Waals surface area contributed by atoms with Gasteiger partial charge in [-0.2, -0.15) is 4.37 Å². The van der Waals surface area contributed by atoms with Gasteiger partial charge in [0.15, 0.2) is 0 Å². The fourth-order valence-corrected chi connectivity index (χ4v) is 4.00. The number of hydrogen-bond acceptors (Lipinski definition) is 6. The molecular weight excluding hydrogens is 363 g/mol. The minimum atomic E-state index is -0.224. The first kappa shape index (κ1) is 17.7. The van der Waals surface area contributed by atoms with E-state index in [4.69, 9.17) is 4.74 Å². The lowest BCUT2D eigenvalue weighted by atomic mass is 10.1. The van der Waals surface area contributed by atoms with Crippen LogP contribution in [0.5, 0.6) is 5.75 Å². The summed E-state index contributed by atoms with van der Waals surface area (Å²) in [5.41, 5.74) is 2.15. The van der Waals surface area contributed by atoms with Gasteiger partial charge in [0, 0.05) is 44.1 Å². The van der Waals surface area contributed by atoms with Gasteiger partial charge in [0.1, 0.15) is 17.4 Å². The molecule has 27 heavy (non-hydrogen) atoms. The van der Waals surface area contributed by atoms with Gasteiger partial charge in [0.05, 0.1) is 12.8 Å². The molecule has 4 rings (SSSR count). The number of benzene rings is 2. The van der Waals surface area contributed by atoms with Crippen molar-refractivity contribution in [3.63, 3.8) is 0 Å². The summed E-state index contributed by atoms with van der Waals surface area (Å²) >= 11 is 1.43. The van der Waals surface area contributed by atoms with Gasteiger partial charge in [-0.3, -0.25) is 0 Å². The molecule has 0 radical (unpaired) electrons. The molecule has 3 aromatic rings. The van der Waals surface area contributed by atoms with Gasteiger partial charge < -0.3 is 14.5 Å². The van der Waals surface area contributed by atoms with E-state index in [-0.39, 0.29) is 5.82 Å². The quantitative estimate of drug-likeness (QED) is 0.672.